The van der Waals surface area contributed by atoms with Crippen molar-refractivity contribution in [2.24, 2.45) is 9.98 Å². The summed E-state index contributed by atoms with van der Waals surface area (Å²) in [5.74, 6) is 0. The Hall–Kier alpha value is -2.26. The second-order valence-electron chi connectivity index (χ2n) is 5.30. The highest BCUT2D eigenvalue weighted by Crippen LogP contribution is 2.20. The Balaban J connectivity index is 2.01. The van der Waals surface area contributed by atoms with Crippen molar-refractivity contribution < 1.29 is 14.2 Å². The summed E-state index contributed by atoms with van der Waals surface area (Å²) in [4.78, 5) is 35.7. The first-order valence-electron chi connectivity index (χ1n) is 7.81. The van der Waals surface area contributed by atoms with Gasteiger partial charge in [-0.3, -0.25) is 14.8 Å². The van der Waals surface area contributed by atoms with Crippen LogP contribution in [-0.4, -0.2) is 35.8 Å². The van der Waals surface area contributed by atoms with Crippen LogP contribution in [0.1, 0.15) is 33.1 Å². The lowest BCUT2D eigenvalue weighted by Gasteiger charge is -2.24. The molecule has 1 aromatic rings. The highest BCUT2D eigenvalue weighted by Gasteiger charge is 2.36. The summed E-state index contributed by atoms with van der Waals surface area (Å²) in [6.45, 7) is 4.46. The zero-order chi connectivity index (χ0) is 17.6. The summed E-state index contributed by atoms with van der Waals surface area (Å²) in [6.07, 6.45) is 5.78. The molecule has 1 aliphatic heterocycles. The predicted molar refractivity (Wildman–Crippen MR) is 84.9 cm³/mol. The quantitative estimate of drug-likeness (QED) is 0.364. The highest BCUT2D eigenvalue weighted by atomic mass is 16.7. The van der Waals surface area contributed by atoms with Gasteiger partial charge in [-0.1, -0.05) is 13.0 Å². The molecule has 2 rings (SSSR count). The van der Waals surface area contributed by atoms with E-state index >= 15 is 0 Å². The van der Waals surface area contributed by atoms with Gasteiger partial charge in [0, 0.05) is 7.11 Å². The van der Waals surface area contributed by atoms with Crippen molar-refractivity contribution in [3.8, 4) is 0 Å². The third-order valence-electron chi connectivity index (χ3n) is 3.33. The Morgan fingerprint density at radius 3 is 2.79 bits per heavy atom. The molecule has 0 saturated carbocycles. The Morgan fingerprint density at radius 2 is 2.08 bits per heavy atom. The number of H-pyrrole nitrogens is 2. The van der Waals surface area contributed by atoms with Crippen LogP contribution in [0.5, 0.6) is 0 Å². The zero-order valence-electron chi connectivity index (χ0n) is 14.0. The topological polar surface area (TPSA) is 118 Å². The molecule has 1 aliphatic rings. The Kier molecular flexibility index (Phi) is 6.04. The van der Waals surface area contributed by atoms with Crippen molar-refractivity contribution in [2.75, 3.05) is 13.7 Å². The van der Waals surface area contributed by atoms with Gasteiger partial charge in [-0.2, -0.15) is 9.98 Å². The second kappa shape index (κ2) is 8.02. The normalized spacial score (nSPS) is 20.5. The molecule has 0 aromatic carbocycles. The molecule has 9 heteroatoms. The molecule has 0 fully saturated rings. The third kappa shape index (κ3) is 4.39. The minimum atomic E-state index is -1.65. The largest absolute Gasteiger partial charge is 0.502 e. The number of aromatic amines is 2. The summed E-state index contributed by atoms with van der Waals surface area (Å²) in [5, 5.41) is -0.0170. The number of fused-ring (bicyclic) bond motifs is 1. The fourth-order valence-corrected chi connectivity index (χ4v) is 2.16. The van der Waals surface area contributed by atoms with Gasteiger partial charge < -0.3 is 14.2 Å². The smallest absolute Gasteiger partial charge is 0.381 e. The number of hydrogen-bond acceptors (Lipinski definition) is 7. The van der Waals surface area contributed by atoms with Crippen molar-refractivity contribution in [3.63, 3.8) is 0 Å². The van der Waals surface area contributed by atoms with Crippen LogP contribution in [0.25, 0.3) is 0 Å². The van der Waals surface area contributed by atoms with E-state index in [4.69, 9.17) is 14.2 Å². The summed E-state index contributed by atoms with van der Waals surface area (Å²) < 4.78 is 16.3. The lowest BCUT2D eigenvalue weighted by atomic mass is 10.2. The van der Waals surface area contributed by atoms with Crippen molar-refractivity contribution >= 4 is 0 Å². The lowest BCUT2D eigenvalue weighted by molar-refractivity contribution is -0.234. The van der Waals surface area contributed by atoms with Crippen molar-refractivity contribution in [1.29, 1.82) is 0 Å². The molecular weight excluding hydrogens is 316 g/mol. The standard InChI is InChI=1S/C15H22N4O5/c1-4-5-8-23-9-6-7-10(2)24-15(22-3)18-11-12(19-15)16-14(21)17-13(11)20/h5,8,10H,4,6-7,9H2,1-3H3,(H2,16,17,19,20,21). The maximum absolute atomic E-state index is 11.8. The van der Waals surface area contributed by atoms with Crippen LogP contribution >= 0.6 is 0 Å². The molecule has 2 atom stereocenters. The number of rotatable bonds is 9. The van der Waals surface area contributed by atoms with E-state index in [0.29, 0.717) is 13.0 Å². The molecular formula is C15H22N4O5. The number of hydrogen-bond donors (Lipinski definition) is 2. The molecule has 2 heterocycles. The fraction of sp³-hybridized carbons (Fsp3) is 0.600. The minimum Gasteiger partial charge on any atom is -0.502 e. The molecule has 0 bridgehead atoms. The Labute approximate surface area is 138 Å². The number of nitrogens with zero attached hydrogens (tertiary/aromatic N) is 2. The molecule has 9 nitrogen and oxygen atoms in total. The molecule has 0 aliphatic carbocycles. The third-order valence-corrected chi connectivity index (χ3v) is 3.33. The van der Waals surface area contributed by atoms with Crippen molar-refractivity contribution in [2.45, 2.75) is 45.2 Å². The number of allylic oxidation sites excluding steroid dienone is 1. The SMILES string of the molecule is CCC=COCCCC(C)OC1(OC)N=c2[nH]c(=O)[nH]c(=O)c2=N1. The minimum absolute atomic E-state index is 0.0170. The molecule has 0 saturated heterocycles. The van der Waals surface area contributed by atoms with E-state index in [1.54, 1.807) is 6.26 Å². The molecule has 0 radical (unpaired) electrons. The number of nitrogens with one attached hydrogen (secondary N) is 2. The number of ether oxygens (including phenoxy) is 3. The van der Waals surface area contributed by atoms with Crippen LogP contribution in [0.4, 0.5) is 0 Å². The van der Waals surface area contributed by atoms with Crippen LogP contribution in [0, 0.1) is 0 Å². The molecule has 24 heavy (non-hydrogen) atoms. The van der Waals surface area contributed by atoms with E-state index in [9.17, 15) is 9.59 Å². The number of methoxy groups -OCH3 is 1. The van der Waals surface area contributed by atoms with Gasteiger partial charge in [0.25, 0.3) is 5.56 Å². The van der Waals surface area contributed by atoms with Crippen LogP contribution in [-0.2, 0) is 14.2 Å². The molecule has 132 valence electrons. The zero-order valence-corrected chi connectivity index (χ0v) is 14.0. The van der Waals surface area contributed by atoms with Crippen molar-refractivity contribution in [1.82, 2.24) is 9.97 Å². The first-order chi connectivity index (χ1) is 11.5. The monoisotopic (exact) mass is 338 g/mol. The van der Waals surface area contributed by atoms with Crippen molar-refractivity contribution in [3.05, 3.63) is 44.0 Å². The van der Waals surface area contributed by atoms with Crippen LogP contribution in [0.2, 0.25) is 0 Å². The van der Waals surface area contributed by atoms with Gasteiger partial charge >= 0.3 is 11.7 Å². The van der Waals surface area contributed by atoms with Gasteiger partial charge in [0.15, 0.2) is 10.8 Å². The molecule has 0 amide bonds. The van der Waals surface area contributed by atoms with E-state index in [0.717, 1.165) is 12.8 Å². The van der Waals surface area contributed by atoms with Gasteiger partial charge in [0.05, 0.1) is 19.0 Å². The van der Waals surface area contributed by atoms with E-state index in [-0.39, 0.29) is 16.9 Å². The molecule has 1 aromatic heterocycles. The number of aromatic nitrogens is 2. The van der Waals surface area contributed by atoms with Gasteiger partial charge in [-0.15, -0.1) is 0 Å². The van der Waals surface area contributed by atoms with Gasteiger partial charge in [0.2, 0.25) is 0 Å². The maximum Gasteiger partial charge on any atom is 0.381 e. The van der Waals surface area contributed by atoms with Crippen LogP contribution < -0.4 is 22.1 Å². The molecule has 0 spiro atoms. The summed E-state index contributed by atoms with van der Waals surface area (Å²) in [6, 6.07) is -1.65. The summed E-state index contributed by atoms with van der Waals surface area (Å²) >= 11 is 0. The second-order valence-corrected chi connectivity index (χ2v) is 5.30. The summed E-state index contributed by atoms with van der Waals surface area (Å²) in [7, 11) is 1.37. The molecule has 2 N–H and O–H groups in total. The van der Waals surface area contributed by atoms with Gasteiger partial charge in [-0.05, 0) is 26.2 Å². The van der Waals surface area contributed by atoms with E-state index in [1.165, 1.54) is 7.11 Å². The maximum atomic E-state index is 11.8. The van der Waals surface area contributed by atoms with Gasteiger partial charge in [-0.25, -0.2) is 4.79 Å². The fourth-order valence-electron chi connectivity index (χ4n) is 2.16. The highest BCUT2D eigenvalue weighted by molar-refractivity contribution is 4.90. The van der Waals surface area contributed by atoms with E-state index in [2.05, 4.69) is 20.0 Å². The van der Waals surface area contributed by atoms with Crippen LogP contribution in [0.3, 0.4) is 0 Å². The Bertz CT molecular complexity index is 812. The van der Waals surface area contributed by atoms with Gasteiger partial charge in [0.1, 0.15) is 0 Å². The molecule has 2 unspecified atom stereocenters. The van der Waals surface area contributed by atoms with E-state index in [1.807, 2.05) is 19.9 Å². The average Bonchev–Trinajstić information content (AvgIpc) is 2.90. The first kappa shape index (κ1) is 18.1. The predicted octanol–water partition coefficient (Wildman–Crippen LogP) is -0.301. The first-order valence-corrected chi connectivity index (χ1v) is 7.81. The average molecular weight is 338 g/mol. The lowest BCUT2D eigenvalue weighted by Crippen LogP contribution is -2.46. The van der Waals surface area contributed by atoms with E-state index < -0.39 is 17.3 Å². The van der Waals surface area contributed by atoms with Crippen LogP contribution in [0.15, 0.2) is 31.9 Å². The Morgan fingerprint density at radius 1 is 1.29 bits per heavy atom. The summed E-state index contributed by atoms with van der Waals surface area (Å²) in [5.41, 5.74) is -1.25.